The minimum absolute atomic E-state index is 0.429. The zero-order valence-corrected chi connectivity index (χ0v) is 27.0. The van der Waals surface area contributed by atoms with Crippen LogP contribution in [0.15, 0.2) is 31.0 Å². The molecule has 2 heterocycles. The molecule has 0 amide bonds. The van der Waals surface area contributed by atoms with Crippen molar-refractivity contribution in [1.29, 1.82) is 0 Å². The van der Waals surface area contributed by atoms with Crippen LogP contribution in [0.1, 0.15) is 124 Å². The third-order valence-electron chi connectivity index (χ3n) is 5.67. The van der Waals surface area contributed by atoms with Gasteiger partial charge in [-0.3, -0.25) is 4.98 Å². The van der Waals surface area contributed by atoms with E-state index >= 15 is 0 Å². The van der Waals surface area contributed by atoms with Crippen LogP contribution in [0.2, 0.25) is 0 Å². The second kappa shape index (κ2) is 24.2. The monoisotopic (exact) mass is 515 g/mol. The Hall–Kier alpha value is -2.20. The Kier molecular flexibility index (Phi) is 25.7. The normalized spacial score (nSPS) is 10.3. The number of pyridine rings is 2. The third kappa shape index (κ3) is 12.7. The van der Waals surface area contributed by atoms with Gasteiger partial charge in [0.15, 0.2) is 0 Å². The van der Waals surface area contributed by atoms with E-state index in [4.69, 9.17) is 15.1 Å². The summed E-state index contributed by atoms with van der Waals surface area (Å²) in [6, 6.07) is 6.76. The van der Waals surface area contributed by atoms with Crippen LogP contribution in [0.25, 0.3) is 11.3 Å². The topological polar surface area (TPSA) is 49.2 Å². The fourth-order valence-electron chi connectivity index (χ4n) is 3.93. The molecule has 0 aromatic carbocycles. The number of aliphatic hydroxyl groups is 1. The van der Waals surface area contributed by atoms with Crippen molar-refractivity contribution in [3.8, 4) is 11.3 Å². The van der Waals surface area contributed by atoms with Gasteiger partial charge in [-0.15, -0.1) is 0 Å². The first kappa shape index (κ1) is 39.3. The number of aromatic nitrogens is 2. The molecule has 0 aliphatic heterocycles. The molecule has 0 aliphatic rings. The zero-order chi connectivity index (χ0) is 29.6. The molecule has 0 radical (unpaired) electrons. The highest BCUT2D eigenvalue weighted by atomic mass is 16.2. The molecule has 2 aromatic heterocycles. The first-order chi connectivity index (χ1) is 17.9. The van der Waals surface area contributed by atoms with E-state index in [1.807, 2.05) is 54.8 Å². The second-order valence-electron chi connectivity index (χ2n) is 8.46. The van der Waals surface area contributed by atoms with Crippen LogP contribution in [-0.2, 0) is 19.3 Å². The van der Waals surface area contributed by atoms with Gasteiger partial charge in [0.25, 0.3) is 0 Å². The van der Waals surface area contributed by atoms with Gasteiger partial charge in [-0.25, -0.2) is 4.98 Å². The van der Waals surface area contributed by atoms with Crippen molar-refractivity contribution in [2.24, 2.45) is 5.92 Å². The third-order valence-corrected chi connectivity index (χ3v) is 5.67. The quantitative estimate of drug-likeness (QED) is 0.342. The van der Waals surface area contributed by atoms with Gasteiger partial charge < -0.3 is 10.0 Å². The lowest BCUT2D eigenvalue weighted by Gasteiger charge is -2.23. The van der Waals surface area contributed by atoms with Gasteiger partial charge in [-0.1, -0.05) is 103 Å². The Morgan fingerprint density at radius 2 is 1.46 bits per heavy atom. The van der Waals surface area contributed by atoms with E-state index in [1.165, 1.54) is 29.5 Å². The summed E-state index contributed by atoms with van der Waals surface area (Å²) in [4.78, 5) is 12.2. The molecule has 37 heavy (non-hydrogen) atoms. The van der Waals surface area contributed by atoms with Crippen LogP contribution < -0.4 is 4.90 Å². The van der Waals surface area contributed by atoms with Gasteiger partial charge >= 0.3 is 0 Å². The van der Waals surface area contributed by atoms with Crippen molar-refractivity contribution in [2.45, 2.75) is 121 Å². The molecular weight excluding hydrogens is 454 g/mol. The maximum Gasteiger partial charge on any atom is 0.136 e. The Balaban J connectivity index is -0.00000131. The fraction of sp³-hybridized carbons (Fsp3) is 0.636. The van der Waals surface area contributed by atoms with Crippen LogP contribution in [-0.4, -0.2) is 29.2 Å². The van der Waals surface area contributed by atoms with Gasteiger partial charge in [-0.2, -0.15) is 0 Å². The van der Waals surface area contributed by atoms with Crippen molar-refractivity contribution in [3.05, 3.63) is 53.5 Å². The SMILES string of the molecule is C=CN(C)c1nc(-c2ccc(C(C)C)nc2CC)c(CC)cc1CC(C)CCC.CC.CC.CC.CO. The van der Waals surface area contributed by atoms with Crippen LogP contribution in [0.4, 0.5) is 5.82 Å². The zero-order valence-electron chi connectivity index (χ0n) is 27.0. The minimum Gasteiger partial charge on any atom is -0.400 e. The number of nitrogens with zero attached hydrogens (tertiary/aromatic N) is 3. The summed E-state index contributed by atoms with van der Waals surface area (Å²) in [5.74, 6) is 2.09. The summed E-state index contributed by atoms with van der Waals surface area (Å²) >= 11 is 0. The van der Waals surface area contributed by atoms with Crippen molar-refractivity contribution in [1.82, 2.24) is 9.97 Å². The smallest absolute Gasteiger partial charge is 0.136 e. The highest BCUT2D eigenvalue weighted by Crippen LogP contribution is 2.33. The summed E-state index contributed by atoms with van der Waals surface area (Å²) in [6.07, 6.45) is 7.22. The van der Waals surface area contributed by atoms with Crippen molar-refractivity contribution in [2.75, 3.05) is 19.1 Å². The molecule has 1 atom stereocenters. The number of aliphatic hydroxyl groups excluding tert-OH is 1. The maximum absolute atomic E-state index is 7.00. The van der Waals surface area contributed by atoms with E-state index in [2.05, 4.69) is 71.2 Å². The number of rotatable bonds is 10. The average Bonchev–Trinajstić information content (AvgIpc) is 2.96. The molecule has 0 saturated carbocycles. The highest BCUT2D eigenvalue weighted by Gasteiger charge is 2.19. The molecule has 1 N–H and O–H groups in total. The lowest BCUT2D eigenvalue weighted by Crippen LogP contribution is -2.15. The Morgan fingerprint density at radius 3 is 1.89 bits per heavy atom. The number of hydrogen-bond acceptors (Lipinski definition) is 4. The molecule has 4 heteroatoms. The molecule has 0 fully saturated rings. The average molecular weight is 516 g/mol. The Morgan fingerprint density at radius 1 is 0.892 bits per heavy atom. The van der Waals surface area contributed by atoms with E-state index in [9.17, 15) is 0 Å². The van der Waals surface area contributed by atoms with E-state index < -0.39 is 0 Å². The van der Waals surface area contributed by atoms with E-state index in [-0.39, 0.29) is 0 Å². The predicted octanol–water partition coefficient (Wildman–Crippen LogP) is 9.64. The van der Waals surface area contributed by atoms with E-state index in [0.29, 0.717) is 11.8 Å². The van der Waals surface area contributed by atoms with E-state index in [1.54, 1.807) is 0 Å². The van der Waals surface area contributed by atoms with Crippen molar-refractivity contribution < 1.29 is 5.11 Å². The summed E-state index contributed by atoms with van der Waals surface area (Å²) in [5, 5.41) is 7.00. The molecule has 0 spiro atoms. The van der Waals surface area contributed by atoms with Gasteiger partial charge in [0, 0.05) is 31.1 Å². The number of hydrogen-bond donors (Lipinski definition) is 1. The summed E-state index contributed by atoms with van der Waals surface area (Å²) in [7, 11) is 3.04. The number of anilines is 1. The molecule has 2 aromatic rings. The first-order valence-electron chi connectivity index (χ1n) is 14.7. The second-order valence-corrected chi connectivity index (χ2v) is 8.46. The molecule has 0 saturated heterocycles. The lowest BCUT2D eigenvalue weighted by atomic mass is 9.93. The van der Waals surface area contributed by atoms with Gasteiger partial charge in [0.1, 0.15) is 5.82 Å². The molecule has 4 nitrogen and oxygen atoms in total. The lowest BCUT2D eigenvalue weighted by molar-refractivity contribution is 0.399. The number of aryl methyl sites for hydroxylation is 2. The predicted molar refractivity (Wildman–Crippen MR) is 169 cm³/mol. The summed E-state index contributed by atoms with van der Waals surface area (Å²) in [6.45, 7) is 29.4. The Labute approximate surface area is 231 Å². The van der Waals surface area contributed by atoms with Crippen LogP contribution in [0, 0.1) is 5.92 Å². The van der Waals surface area contributed by atoms with Crippen LogP contribution in [0.3, 0.4) is 0 Å². The van der Waals surface area contributed by atoms with Gasteiger partial charge in [0.05, 0.1) is 5.69 Å². The summed E-state index contributed by atoms with van der Waals surface area (Å²) in [5.41, 5.74) is 7.15. The molecular formula is C33H61N3O. The molecule has 0 aliphatic carbocycles. The van der Waals surface area contributed by atoms with Gasteiger partial charge in [0.2, 0.25) is 0 Å². The molecule has 1 unspecified atom stereocenters. The van der Waals surface area contributed by atoms with Crippen molar-refractivity contribution >= 4 is 5.82 Å². The van der Waals surface area contributed by atoms with Crippen LogP contribution in [0.5, 0.6) is 0 Å². The minimum atomic E-state index is 0.429. The Bertz CT molecular complexity index is 831. The highest BCUT2D eigenvalue weighted by molar-refractivity contribution is 5.70. The van der Waals surface area contributed by atoms with E-state index in [0.717, 1.165) is 49.3 Å². The molecule has 0 bridgehead atoms. The largest absolute Gasteiger partial charge is 0.400 e. The molecule has 2 rings (SSSR count). The maximum atomic E-state index is 7.00. The molecule has 214 valence electrons. The van der Waals surface area contributed by atoms with Crippen molar-refractivity contribution in [3.63, 3.8) is 0 Å². The van der Waals surface area contributed by atoms with Gasteiger partial charge in [-0.05, 0) is 66.6 Å². The fourth-order valence-corrected chi connectivity index (χ4v) is 3.93. The standard InChI is InChI=1S/C26H39N3.3C2H6.CH4O/c1-9-13-19(7)16-21-17-20(10-2)25(28-26(21)29(8)12-4)22-14-15-24(18(5)6)27-23(22)11-3;4*1-2/h12,14-15,17-19H,4,9-11,13,16H2,1-3,5-8H3;3*1-2H3;2H,1H3. The summed E-state index contributed by atoms with van der Waals surface area (Å²) < 4.78 is 0. The first-order valence-corrected chi connectivity index (χ1v) is 14.7. The van der Waals surface area contributed by atoms with Crippen LogP contribution >= 0.6 is 0 Å².